The minimum absolute atomic E-state index is 0.0939. The molecule has 0 bridgehead atoms. The van der Waals surface area contributed by atoms with Crippen LogP contribution in [0.5, 0.6) is 5.75 Å². The molecule has 8 nitrogen and oxygen atoms in total. The third kappa shape index (κ3) is 2.89. The highest BCUT2D eigenvalue weighted by atomic mass is 16.3. The van der Waals surface area contributed by atoms with E-state index in [4.69, 9.17) is 4.98 Å². The van der Waals surface area contributed by atoms with E-state index < -0.39 is 0 Å². The number of hydrogen-bond donors (Lipinski definition) is 3. The zero-order valence-electron chi connectivity index (χ0n) is 16.1. The summed E-state index contributed by atoms with van der Waals surface area (Å²) in [6.45, 7) is 0. The van der Waals surface area contributed by atoms with Crippen molar-refractivity contribution < 1.29 is 5.11 Å². The van der Waals surface area contributed by atoms with Gasteiger partial charge >= 0.3 is 0 Å². The fourth-order valence-corrected chi connectivity index (χ4v) is 3.74. The van der Waals surface area contributed by atoms with E-state index in [-0.39, 0.29) is 5.75 Å². The number of pyridine rings is 4. The normalized spacial score (nSPS) is 11.4. The standard InChI is InChI=1S/C23H15N7O/c31-15-8-14(11-25-12-15)18-3-4-19-21(27-18)22(30-29-19)20-9-17-16(5-7-26-23(17)28-20)13-2-1-6-24-10-13/h1-12,31H,(H,26,28)(H,29,30). The van der Waals surface area contributed by atoms with Crippen LogP contribution in [0, 0.1) is 0 Å². The van der Waals surface area contributed by atoms with Crippen molar-refractivity contribution in [3.8, 4) is 39.5 Å². The molecule has 3 N–H and O–H groups in total. The Morgan fingerprint density at radius 2 is 1.81 bits per heavy atom. The Bertz CT molecular complexity index is 1550. The number of aromatic amines is 2. The molecule has 0 aliphatic heterocycles. The topological polar surface area (TPSA) is 116 Å². The van der Waals surface area contributed by atoms with Gasteiger partial charge < -0.3 is 10.1 Å². The summed E-state index contributed by atoms with van der Waals surface area (Å²) in [7, 11) is 0. The molecule has 0 fully saturated rings. The average molecular weight is 405 g/mol. The fraction of sp³-hybridized carbons (Fsp3) is 0. The lowest BCUT2D eigenvalue weighted by molar-refractivity contribution is 0.473. The molecule has 0 atom stereocenters. The number of aromatic nitrogens is 7. The van der Waals surface area contributed by atoms with E-state index in [2.05, 4.69) is 30.1 Å². The second kappa shape index (κ2) is 6.74. The molecule has 0 saturated carbocycles. The van der Waals surface area contributed by atoms with Crippen LogP contribution in [0.4, 0.5) is 0 Å². The predicted octanol–water partition coefficient (Wildman–Crippen LogP) is 4.33. The number of H-pyrrole nitrogens is 2. The molecule has 0 aliphatic rings. The smallest absolute Gasteiger partial charge is 0.138 e. The highest BCUT2D eigenvalue weighted by Gasteiger charge is 2.16. The van der Waals surface area contributed by atoms with Crippen molar-refractivity contribution in [1.29, 1.82) is 0 Å². The number of nitrogens with one attached hydrogen (secondary N) is 2. The van der Waals surface area contributed by atoms with E-state index in [0.717, 1.165) is 44.5 Å². The van der Waals surface area contributed by atoms with Crippen molar-refractivity contribution in [1.82, 2.24) is 35.1 Å². The van der Waals surface area contributed by atoms with Gasteiger partial charge in [-0.15, -0.1) is 0 Å². The Morgan fingerprint density at radius 3 is 2.68 bits per heavy atom. The summed E-state index contributed by atoms with van der Waals surface area (Å²) in [4.78, 5) is 20.9. The van der Waals surface area contributed by atoms with Crippen LogP contribution in [0.1, 0.15) is 0 Å². The number of fused-ring (bicyclic) bond motifs is 2. The lowest BCUT2D eigenvalue weighted by Crippen LogP contribution is -1.87. The summed E-state index contributed by atoms with van der Waals surface area (Å²) in [5.41, 5.74) is 7.28. The van der Waals surface area contributed by atoms with E-state index in [0.29, 0.717) is 11.4 Å². The number of rotatable bonds is 3. The molecular weight excluding hydrogens is 390 g/mol. The Labute approximate surface area is 175 Å². The zero-order chi connectivity index (χ0) is 20.8. The lowest BCUT2D eigenvalue weighted by atomic mass is 10.1. The van der Waals surface area contributed by atoms with Gasteiger partial charge in [0.05, 0.1) is 23.1 Å². The van der Waals surface area contributed by atoms with Crippen LogP contribution >= 0.6 is 0 Å². The van der Waals surface area contributed by atoms with Crippen LogP contribution < -0.4 is 0 Å². The van der Waals surface area contributed by atoms with Crippen LogP contribution in [0.15, 0.2) is 73.4 Å². The van der Waals surface area contributed by atoms with Gasteiger partial charge in [-0.1, -0.05) is 6.07 Å². The van der Waals surface area contributed by atoms with Crippen LogP contribution in [0.3, 0.4) is 0 Å². The first-order chi connectivity index (χ1) is 15.3. The molecule has 6 aromatic rings. The monoisotopic (exact) mass is 405 g/mol. The van der Waals surface area contributed by atoms with E-state index in [9.17, 15) is 5.11 Å². The van der Waals surface area contributed by atoms with Crippen molar-refractivity contribution in [2.75, 3.05) is 0 Å². The van der Waals surface area contributed by atoms with Crippen LogP contribution in [0.25, 0.3) is 55.8 Å². The largest absolute Gasteiger partial charge is 0.506 e. The molecule has 31 heavy (non-hydrogen) atoms. The quantitative estimate of drug-likeness (QED) is 0.403. The van der Waals surface area contributed by atoms with Crippen molar-refractivity contribution >= 4 is 22.1 Å². The van der Waals surface area contributed by atoms with Crippen molar-refractivity contribution in [2.45, 2.75) is 0 Å². The summed E-state index contributed by atoms with van der Waals surface area (Å²) in [6.07, 6.45) is 8.43. The van der Waals surface area contributed by atoms with Gasteiger partial charge in [-0.05, 0) is 42.0 Å². The molecule has 8 heteroatoms. The fourth-order valence-electron chi connectivity index (χ4n) is 3.74. The molecule has 6 aromatic heterocycles. The second-order valence-corrected chi connectivity index (χ2v) is 7.14. The molecule has 6 heterocycles. The van der Waals surface area contributed by atoms with Crippen molar-refractivity contribution in [3.63, 3.8) is 0 Å². The number of hydrogen-bond acceptors (Lipinski definition) is 6. The third-order valence-electron chi connectivity index (χ3n) is 5.19. The molecule has 0 unspecified atom stereocenters. The van der Waals surface area contributed by atoms with Gasteiger partial charge in [-0.2, -0.15) is 5.10 Å². The number of nitrogens with zero attached hydrogens (tertiary/aromatic N) is 5. The summed E-state index contributed by atoms with van der Waals surface area (Å²) in [6, 6.07) is 13.4. The SMILES string of the molecule is Oc1cncc(-c2ccc3[nH]nc(-c4cc5c(-c6cccnc6)ccnc5[nH]4)c3n2)c1. The van der Waals surface area contributed by atoms with Crippen LogP contribution in [-0.2, 0) is 0 Å². The third-order valence-corrected chi connectivity index (χ3v) is 5.19. The molecule has 0 spiro atoms. The van der Waals surface area contributed by atoms with Gasteiger partial charge in [0.15, 0.2) is 0 Å². The molecule has 0 aliphatic carbocycles. The second-order valence-electron chi connectivity index (χ2n) is 7.14. The minimum Gasteiger partial charge on any atom is -0.506 e. The maximum absolute atomic E-state index is 9.76. The summed E-state index contributed by atoms with van der Waals surface area (Å²) in [5, 5.41) is 18.3. The first-order valence-electron chi connectivity index (χ1n) is 9.64. The molecule has 0 amide bonds. The van der Waals surface area contributed by atoms with Crippen LogP contribution in [0.2, 0.25) is 0 Å². The Balaban J connectivity index is 1.51. The Hall–Kier alpha value is -4.59. The van der Waals surface area contributed by atoms with E-state index in [1.165, 1.54) is 6.20 Å². The Morgan fingerprint density at radius 1 is 0.871 bits per heavy atom. The molecule has 6 rings (SSSR count). The average Bonchev–Trinajstić information content (AvgIpc) is 3.43. The minimum atomic E-state index is 0.0939. The molecule has 0 aromatic carbocycles. The van der Waals surface area contributed by atoms with Gasteiger partial charge in [0.1, 0.15) is 22.6 Å². The highest BCUT2D eigenvalue weighted by Crippen LogP contribution is 2.33. The van der Waals surface area contributed by atoms with Gasteiger partial charge in [0, 0.05) is 41.3 Å². The molecule has 0 radical (unpaired) electrons. The molecular formula is C23H15N7O. The van der Waals surface area contributed by atoms with Gasteiger partial charge in [-0.25, -0.2) is 9.97 Å². The molecule has 0 saturated heterocycles. The first kappa shape index (κ1) is 17.3. The summed E-state index contributed by atoms with van der Waals surface area (Å²) < 4.78 is 0. The predicted molar refractivity (Wildman–Crippen MR) is 117 cm³/mol. The maximum atomic E-state index is 9.76. The van der Waals surface area contributed by atoms with E-state index in [1.54, 1.807) is 24.7 Å². The molecule has 148 valence electrons. The van der Waals surface area contributed by atoms with Gasteiger partial charge in [0.2, 0.25) is 0 Å². The first-order valence-corrected chi connectivity index (χ1v) is 9.64. The van der Waals surface area contributed by atoms with Crippen LogP contribution in [-0.4, -0.2) is 40.2 Å². The summed E-state index contributed by atoms with van der Waals surface area (Å²) in [5.74, 6) is 0.0939. The van der Waals surface area contributed by atoms with E-state index >= 15 is 0 Å². The van der Waals surface area contributed by atoms with Crippen molar-refractivity contribution in [3.05, 3.63) is 73.4 Å². The van der Waals surface area contributed by atoms with Gasteiger partial charge in [-0.3, -0.25) is 15.1 Å². The van der Waals surface area contributed by atoms with E-state index in [1.807, 2.05) is 42.6 Å². The van der Waals surface area contributed by atoms with Gasteiger partial charge in [0.25, 0.3) is 0 Å². The number of aromatic hydroxyl groups is 1. The highest BCUT2D eigenvalue weighted by molar-refractivity contribution is 5.98. The lowest BCUT2D eigenvalue weighted by Gasteiger charge is -2.02. The van der Waals surface area contributed by atoms with Crippen molar-refractivity contribution in [2.24, 2.45) is 0 Å². The summed E-state index contributed by atoms with van der Waals surface area (Å²) >= 11 is 0. The maximum Gasteiger partial charge on any atom is 0.138 e. The zero-order valence-corrected chi connectivity index (χ0v) is 16.1. The Kier molecular flexibility index (Phi) is 3.76.